The van der Waals surface area contributed by atoms with Gasteiger partial charge in [0.05, 0.1) is 24.2 Å². The zero-order valence-corrected chi connectivity index (χ0v) is 14.3. The molecule has 1 fully saturated rings. The third-order valence-electron chi connectivity index (χ3n) is 4.22. The highest BCUT2D eigenvalue weighted by atomic mass is 32.1. The average molecular weight is 325 g/mol. The van der Waals surface area contributed by atoms with Gasteiger partial charge >= 0.3 is 5.97 Å². The van der Waals surface area contributed by atoms with Crippen LogP contribution in [0.3, 0.4) is 0 Å². The average Bonchev–Trinajstić information content (AvgIpc) is 2.99. The number of aryl methyl sites for hydroxylation is 2. The number of rotatable bonds is 5. The van der Waals surface area contributed by atoms with Gasteiger partial charge in [-0.05, 0) is 33.7 Å². The number of amides is 1. The molecule has 2 rings (SSSR count). The van der Waals surface area contributed by atoms with Crippen LogP contribution in [0.4, 0.5) is 0 Å². The molecule has 1 aromatic heterocycles. The molecular weight excluding hydrogens is 302 g/mol. The van der Waals surface area contributed by atoms with E-state index in [1.807, 2.05) is 20.9 Å². The lowest BCUT2D eigenvalue weighted by Crippen LogP contribution is -2.41. The number of likely N-dealkylation sites (tertiary alicyclic amines) is 1. The molecule has 1 aliphatic rings. The number of esters is 1. The first-order valence-corrected chi connectivity index (χ1v) is 8.25. The minimum absolute atomic E-state index is 0.0621. The van der Waals surface area contributed by atoms with Gasteiger partial charge in [-0.3, -0.25) is 14.5 Å². The van der Waals surface area contributed by atoms with Gasteiger partial charge in [-0.2, -0.15) is 0 Å². The first kappa shape index (κ1) is 16.9. The van der Waals surface area contributed by atoms with Crippen LogP contribution in [0.25, 0.3) is 0 Å². The monoisotopic (exact) mass is 325 g/mol. The second-order valence-electron chi connectivity index (χ2n) is 5.69. The van der Waals surface area contributed by atoms with Crippen LogP contribution in [0.15, 0.2) is 0 Å². The van der Waals surface area contributed by atoms with Gasteiger partial charge in [-0.1, -0.05) is 0 Å². The van der Waals surface area contributed by atoms with Gasteiger partial charge in [0.2, 0.25) is 0 Å². The standard InChI is InChI=1S/C15H23N3O3S/c1-9-14(22-10(2)17-9)15(20)16-8-12-6-5-11(18(12)3)7-13(19)21-4/h11-12H,5-8H2,1-4H3,(H,16,20)/t11-,12+/m1/s1. The smallest absolute Gasteiger partial charge is 0.307 e. The Labute approximate surface area is 134 Å². The quantitative estimate of drug-likeness (QED) is 0.831. The predicted octanol–water partition coefficient (Wildman–Crippen LogP) is 1.52. The van der Waals surface area contributed by atoms with Gasteiger partial charge in [-0.15, -0.1) is 11.3 Å². The summed E-state index contributed by atoms with van der Waals surface area (Å²) < 4.78 is 4.73. The van der Waals surface area contributed by atoms with Crippen LogP contribution >= 0.6 is 11.3 Å². The molecule has 0 unspecified atom stereocenters. The van der Waals surface area contributed by atoms with Crippen LogP contribution in [0.5, 0.6) is 0 Å². The topological polar surface area (TPSA) is 71.5 Å². The number of hydrogen-bond acceptors (Lipinski definition) is 6. The number of nitrogens with zero attached hydrogens (tertiary/aromatic N) is 2. The summed E-state index contributed by atoms with van der Waals surface area (Å²) in [5, 5.41) is 3.89. The molecule has 0 radical (unpaired) electrons. The normalized spacial score (nSPS) is 21.8. The van der Waals surface area contributed by atoms with Crippen molar-refractivity contribution in [2.75, 3.05) is 20.7 Å². The molecule has 2 heterocycles. The molecule has 0 spiro atoms. The number of methoxy groups -OCH3 is 1. The molecule has 1 N–H and O–H groups in total. The number of ether oxygens (including phenoxy) is 1. The lowest BCUT2D eigenvalue weighted by Gasteiger charge is -2.25. The molecule has 22 heavy (non-hydrogen) atoms. The van der Waals surface area contributed by atoms with Gasteiger partial charge in [0.15, 0.2) is 0 Å². The molecule has 1 saturated heterocycles. The largest absolute Gasteiger partial charge is 0.469 e. The fourth-order valence-corrected chi connectivity index (χ4v) is 3.73. The van der Waals surface area contributed by atoms with Gasteiger partial charge in [-0.25, -0.2) is 4.98 Å². The van der Waals surface area contributed by atoms with E-state index in [4.69, 9.17) is 4.74 Å². The van der Waals surface area contributed by atoms with Gasteiger partial charge in [0.1, 0.15) is 4.88 Å². The number of hydrogen-bond donors (Lipinski definition) is 1. The second-order valence-corrected chi connectivity index (χ2v) is 6.89. The van der Waals surface area contributed by atoms with Crippen molar-refractivity contribution in [3.05, 3.63) is 15.6 Å². The number of nitrogens with one attached hydrogen (secondary N) is 1. The summed E-state index contributed by atoms with van der Waals surface area (Å²) >= 11 is 1.42. The molecule has 1 aromatic rings. The van der Waals surface area contributed by atoms with E-state index >= 15 is 0 Å². The Morgan fingerprint density at radius 3 is 2.64 bits per heavy atom. The van der Waals surface area contributed by atoms with E-state index < -0.39 is 0 Å². The Balaban J connectivity index is 1.86. The van der Waals surface area contributed by atoms with Crippen LogP contribution in [-0.4, -0.2) is 54.5 Å². The van der Waals surface area contributed by atoms with Gasteiger partial charge in [0, 0.05) is 18.6 Å². The summed E-state index contributed by atoms with van der Waals surface area (Å²) in [5.41, 5.74) is 0.781. The molecule has 1 aliphatic heterocycles. The first-order chi connectivity index (χ1) is 10.4. The Morgan fingerprint density at radius 2 is 2.05 bits per heavy atom. The number of aromatic nitrogens is 1. The van der Waals surface area contributed by atoms with E-state index in [9.17, 15) is 9.59 Å². The van der Waals surface area contributed by atoms with E-state index in [-0.39, 0.29) is 24.0 Å². The van der Waals surface area contributed by atoms with Crippen molar-refractivity contribution in [3.63, 3.8) is 0 Å². The van der Waals surface area contributed by atoms with Crippen molar-refractivity contribution in [2.45, 2.75) is 45.2 Å². The molecule has 122 valence electrons. The molecule has 2 atom stereocenters. The van der Waals surface area contributed by atoms with Crippen molar-refractivity contribution < 1.29 is 14.3 Å². The third-order valence-corrected chi connectivity index (χ3v) is 5.29. The summed E-state index contributed by atoms with van der Waals surface area (Å²) in [6.45, 7) is 4.34. The number of carbonyl (C=O) groups is 2. The Hall–Kier alpha value is -1.47. The van der Waals surface area contributed by atoms with E-state index in [1.165, 1.54) is 18.4 Å². The van der Waals surface area contributed by atoms with E-state index in [0.717, 1.165) is 23.5 Å². The number of carbonyl (C=O) groups excluding carboxylic acids is 2. The maximum absolute atomic E-state index is 12.2. The highest BCUT2D eigenvalue weighted by Gasteiger charge is 2.32. The van der Waals surface area contributed by atoms with Crippen LogP contribution in [0.1, 0.15) is 39.6 Å². The SMILES string of the molecule is COC(=O)C[C@H]1CC[C@@H](CNC(=O)c2sc(C)nc2C)N1C. The van der Waals surface area contributed by atoms with Crippen LogP contribution in [0.2, 0.25) is 0 Å². The maximum Gasteiger partial charge on any atom is 0.307 e. The van der Waals surface area contributed by atoms with Crippen LogP contribution in [-0.2, 0) is 9.53 Å². The van der Waals surface area contributed by atoms with Crippen molar-refractivity contribution in [3.8, 4) is 0 Å². The molecule has 0 saturated carbocycles. The zero-order valence-electron chi connectivity index (χ0n) is 13.5. The Kier molecular flexibility index (Phi) is 5.52. The molecule has 0 aromatic carbocycles. The minimum atomic E-state index is -0.183. The molecule has 7 heteroatoms. The van der Waals surface area contributed by atoms with E-state index in [2.05, 4.69) is 15.2 Å². The highest BCUT2D eigenvalue weighted by Crippen LogP contribution is 2.24. The van der Waals surface area contributed by atoms with Crippen molar-refractivity contribution >= 4 is 23.2 Å². The van der Waals surface area contributed by atoms with Crippen molar-refractivity contribution in [2.24, 2.45) is 0 Å². The fourth-order valence-electron chi connectivity index (χ4n) is 2.89. The summed E-state index contributed by atoms with van der Waals surface area (Å²) in [4.78, 5) is 30.7. The minimum Gasteiger partial charge on any atom is -0.469 e. The molecule has 0 aliphatic carbocycles. The van der Waals surface area contributed by atoms with Crippen LogP contribution in [0, 0.1) is 13.8 Å². The molecule has 6 nitrogen and oxygen atoms in total. The maximum atomic E-state index is 12.2. The summed E-state index contributed by atoms with van der Waals surface area (Å²) in [6, 6.07) is 0.453. The zero-order chi connectivity index (χ0) is 16.3. The van der Waals surface area contributed by atoms with Crippen LogP contribution < -0.4 is 5.32 Å². The summed E-state index contributed by atoms with van der Waals surface area (Å²) in [7, 11) is 3.41. The summed E-state index contributed by atoms with van der Waals surface area (Å²) in [6.07, 6.45) is 2.33. The molecule has 0 bridgehead atoms. The molecular formula is C15H23N3O3S. The van der Waals surface area contributed by atoms with Gasteiger partial charge < -0.3 is 10.1 Å². The second kappa shape index (κ2) is 7.19. The first-order valence-electron chi connectivity index (χ1n) is 7.43. The third kappa shape index (κ3) is 3.84. The van der Waals surface area contributed by atoms with E-state index in [0.29, 0.717) is 17.8 Å². The number of likely N-dealkylation sites (N-methyl/N-ethyl adjacent to an activating group) is 1. The Bertz CT molecular complexity index is 558. The lowest BCUT2D eigenvalue weighted by atomic mass is 10.1. The number of thiazole rings is 1. The van der Waals surface area contributed by atoms with Gasteiger partial charge in [0.25, 0.3) is 5.91 Å². The lowest BCUT2D eigenvalue weighted by molar-refractivity contribution is -0.141. The Morgan fingerprint density at radius 1 is 1.36 bits per heavy atom. The highest BCUT2D eigenvalue weighted by molar-refractivity contribution is 7.13. The fraction of sp³-hybridized carbons (Fsp3) is 0.667. The van der Waals surface area contributed by atoms with Crippen molar-refractivity contribution in [1.29, 1.82) is 0 Å². The summed E-state index contributed by atoms with van der Waals surface area (Å²) in [5.74, 6) is -0.245. The van der Waals surface area contributed by atoms with Crippen molar-refractivity contribution in [1.82, 2.24) is 15.2 Å². The predicted molar refractivity (Wildman–Crippen MR) is 85.1 cm³/mol. The van der Waals surface area contributed by atoms with E-state index in [1.54, 1.807) is 0 Å². The molecule has 1 amide bonds.